The van der Waals surface area contributed by atoms with Crippen molar-refractivity contribution >= 4 is 18.5 Å². The van der Waals surface area contributed by atoms with Crippen LogP contribution >= 0.6 is 12.6 Å². The van der Waals surface area contributed by atoms with Crippen LogP contribution in [0.25, 0.3) is 0 Å². The Labute approximate surface area is 125 Å². The monoisotopic (exact) mass is 285 g/mol. The fourth-order valence-corrected chi connectivity index (χ4v) is 2.30. The van der Waals surface area contributed by atoms with Gasteiger partial charge in [-0.05, 0) is 37.6 Å². The minimum Gasteiger partial charge on any atom is -0.332 e. The van der Waals surface area contributed by atoms with Crippen LogP contribution in [0.15, 0.2) is 59.5 Å². The lowest BCUT2D eigenvalue weighted by Crippen LogP contribution is -2.36. The van der Waals surface area contributed by atoms with Crippen molar-refractivity contribution in [3.63, 3.8) is 0 Å². The number of carbonyl (C=O) groups excluding carboxylic acids is 1. The fourth-order valence-electron chi connectivity index (χ4n) is 2.07. The summed E-state index contributed by atoms with van der Waals surface area (Å²) in [6.07, 6.45) is 0. The van der Waals surface area contributed by atoms with Crippen LogP contribution in [0.2, 0.25) is 0 Å². The highest BCUT2D eigenvalue weighted by Gasteiger charge is 2.19. The van der Waals surface area contributed by atoms with Crippen molar-refractivity contribution in [1.82, 2.24) is 4.90 Å². The number of amides is 1. The molecule has 2 nitrogen and oxygen atoms in total. The normalized spacial score (nSPS) is 10.6. The highest BCUT2D eigenvalue weighted by molar-refractivity contribution is 7.80. The first-order valence-electron chi connectivity index (χ1n) is 6.72. The van der Waals surface area contributed by atoms with Gasteiger partial charge in [0.25, 0.3) is 5.91 Å². The van der Waals surface area contributed by atoms with Gasteiger partial charge in [0.15, 0.2) is 0 Å². The smallest absolute Gasteiger partial charge is 0.254 e. The molecule has 0 spiro atoms. The lowest BCUT2D eigenvalue weighted by molar-refractivity contribution is 0.0690. The number of rotatable bonds is 4. The minimum atomic E-state index is 0.0414. The second-order valence-corrected chi connectivity index (χ2v) is 5.58. The molecule has 3 heteroatoms. The van der Waals surface area contributed by atoms with Gasteiger partial charge < -0.3 is 4.90 Å². The molecular formula is C17H19NOS. The standard InChI is InChI=1S/C17H19NOS/c1-13(2)18(12-14-7-4-3-5-8-14)17(19)15-9-6-10-16(20)11-15/h3-11,13,20H,12H2,1-2H3. The van der Waals surface area contributed by atoms with E-state index in [-0.39, 0.29) is 11.9 Å². The van der Waals surface area contributed by atoms with Gasteiger partial charge in [0.1, 0.15) is 0 Å². The highest BCUT2D eigenvalue weighted by Crippen LogP contribution is 2.15. The van der Waals surface area contributed by atoms with Crippen LogP contribution in [-0.2, 0) is 6.54 Å². The molecular weight excluding hydrogens is 266 g/mol. The van der Waals surface area contributed by atoms with Gasteiger partial charge in [-0.15, -0.1) is 12.6 Å². The van der Waals surface area contributed by atoms with Crippen molar-refractivity contribution in [2.45, 2.75) is 31.3 Å². The van der Waals surface area contributed by atoms with E-state index < -0.39 is 0 Å². The summed E-state index contributed by atoms with van der Waals surface area (Å²) in [5.41, 5.74) is 1.82. The summed E-state index contributed by atoms with van der Waals surface area (Å²) in [6.45, 7) is 4.69. The second-order valence-electron chi connectivity index (χ2n) is 5.06. The second kappa shape index (κ2) is 6.62. The Morgan fingerprint density at radius 2 is 1.80 bits per heavy atom. The summed E-state index contributed by atoms with van der Waals surface area (Å²) < 4.78 is 0. The average molecular weight is 285 g/mol. The van der Waals surface area contributed by atoms with E-state index in [9.17, 15) is 4.79 Å². The molecule has 0 atom stereocenters. The molecule has 104 valence electrons. The Kier molecular flexibility index (Phi) is 4.85. The lowest BCUT2D eigenvalue weighted by atomic mass is 10.1. The largest absolute Gasteiger partial charge is 0.332 e. The molecule has 0 saturated heterocycles. The molecule has 2 aromatic carbocycles. The maximum absolute atomic E-state index is 12.6. The van der Waals surface area contributed by atoms with Crippen molar-refractivity contribution in [3.05, 3.63) is 65.7 Å². The molecule has 0 heterocycles. The van der Waals surface area contributed by atoms with Gasteiger partial charge in [0, 0.05) is 23.0 Å². The molecule has 0 aliphatic rings. The number of hydrogen-bond donors (Lipinski definition) is 1. The predicted octanol–water partition coefficient (Wildman–Crippen LogP) is 4.03. The van der Waals surface area contributed by atoms with Crippen LogP contribution in [0, 0.1) is 0 Å². The zero-order valence-corrected chi connectivity index (χ0v) is 12.7. The van der Waals surface area contributed by atoms with E-state index in [4.69, 9.17) is 0 Å². The fraction of sp³-hybridized carbons (Fsp3) is 0.235. The molecule has 2 aromatic rings. The molecule has 20 heavy (non-hydrogen) atoms. The van der Waals surface area contributed by atoms with E-state index in [1.54, 1.807) is 0 Å². The summed E-state index contributed by atoms with van der Waals surface area (Å²) >= 11 is 4.30. The Balaban J connectivity index is 2.23. The Morgan fingerprint density at radius 3 is 2.40 bits per heavy atom. The average Bonchev–Trinajstić information content (AvgIpc) is 2.45. The van der Waals surface area contributed by atoms with E-state index >= 15 is 0 Å². The molecule has 1 amide bonds. The van der Waals surface area contributed by atoms with Crippen LogP contribution in [0.3, 0.4) is 0 Å². The van der Waals surface area contributed by atoms with Crippen LogP contribution < -0.4 is 0 Å². The molecule has 0 unspecified atom stereocenters. The van der Waals surface area contributed by atoms with Gasteiger partial charge in [-0.1, -0.05) is 36.4 Å². The van der Waals surface area contributed by atoms with E-state index in [0.29, 0.717) is 12.1 Å². The molecule has 0 N–H and O–H groups in total. The Hall–Kier alpha value is -1.74. The van der Waals surface area contributed by atoms with E-state index in [2.05, 4.69) is 12.6 Å². The van der Waals surface area contributed by atoms with Gasteiger partial charge in [-0.25, -0.2) is 0 Å². The van der Waals surface area contributed by atoms with Gasteiger partial charge >= 0.3 is 0 Å². The van der Waals surface area contributed by atoms with Crippen molar-refractivity contribution < 1.29 is 4.79 Å². The number of thiol groups is 1. The zero-order valence-electron chi connectivity index (χ0n) is 11.8. The third-order valence-electron chi connectivity index (χ3n) is 3.17. The Bertz CT molecular complexity index is 581. The van der Waals surface area contributed by atoms with Crippen LogP contribution in [-0.4, -0.2) is 16.8 Å². The van der Waals surface area contributed by atoms with Crippen molar-refractivity contribution in [2.75, 3.05) is 0 Å². The molecule has 0 aliphatic heterocycles. The molecule has 0 aliphatic carbocycles. The number of benzene rings is 2. The van der Waals surface area contributed by atoms with Gasteiger partial charge in [0.05, 0.1) is 0 Å². The summed E-state index contributed by atoms with van der Waals surface area (Å²) in [7, 11) is 0. The minimum absolute atomic E-state index is 0.0414. The number of carbonyl (C=O) groups is 1. The molecule has 0 bridgehead atoms. The zero-order chi connectivity index (χ0) is 14.5. The van der Waals surface area contributed by atoms with E-state index in [0.717, 1.165) is 10.5 Å². The third kappa shape index (κ3) is 3.64. The summed E-state index contributed by atoms with van der Waals surface area (Å²) in [6, 6.07) is 17.6. The maximum Gasteiger partial charge on any atom is 0.254 e. The highest BCUT2D eigenvalue weighted by atomic mass is 32.1. The first-order chi connectivity index (χ1) is 9.58. The predicted molar refractivity (Wildman–Crippen MR) is 85.1 cm³/mol. The molecule has 0 fully saturated rings. The first-order valence-corrected chi connectivity index (χ1v) is 7.16. The van der Waals surface area contributed by atoms with Crippen molar-refractivity contribution in [1.29, 1.82) is 0 Å². The van der Waals surface area contributed by atoms with E-state index in [1.807, 2.05) is 73.3 Å². The summed E-state index contributed by atoms with van der Waals surface area (Å²) in [5, 5.41) is 0. The van der Waals surface area contributed by atoms with Gasteiger partial charge in [-0.3, -0.25) is 4.79 Å². The molecule has 2 rings (SSSR count). The van der Waals surface area contributed by atoms with Crippen LogP contribution in [0.1, 0.15) is 29.8 Å². The molecule has 0 radical (unpaired) electrons. The lowest BCUT2D eigenvalue weighted by Gasteiger charge is -2.27. The Morgan fingerprint density at radius 1 is 1.10 bits per heavy atom. The number of hydrogen-bond acceptors (Lipinski definition) is 2. The van der Waals surface area contributed by atoms with Gasteiger partial charge in [0.2, 0.25) is 0 Å². The van der Waals surface area contributed by atoms with Crippen LogP contribution in [0.4, 0.5) is 0 Å². The quantitative estimate of drug-likeness (QED) is 0.841. The van der Waals surface area contributed by atoms with Crippen molar-refractivity contribution in [2.24, 2.45) is 0 Å². The summed E-state index contributed by atoms with van der Waals surface area (Å²) in [5.74, 6) is 0.0414. The number of nitrogens with zero attached hydrogens (tertiary/aromatic N) is 1. The first kappa shape index (κ1) is 14.7. The van der Waals surface area contributed by atoms with E-state index in [1.165, 1.54) is 0 Å². The van der Waals surface area contributed by atoms with Gasteiger partial charge in [-0.2, -0.15) is 0 Å². The maximum atomic E-state index is 12.6. The van der Waals surface area contributed by atoms with Crippen molar-refractivity contribution in [3.8, 4) is 0 Å². The molecule has 0 saturated carbocycles. The SMILES string of the molecule is CC(C)N(Cc1ccccc1)C(=O)c1cccc(S)c1. The summed E-state index contributed by atoms with van der Waals surface area (Å²) in [4.78, 5) is 15.3. The molecule has 0 aromatic heterocycles. The topological polar surface area (TPSA) is 20.3 Å². The third-order valence-corrected chi connectivity index (χ3v) is 3.45. The van der Waals surface area contributed by atoms with Crippen LogP contribution in [0.5, 0.6) is 0 Å².